The third-order valence-electron chi connectivity index (χ3n) is 4.24. The molecule has 0 bridgehead atoms. The highest BCUT2D eigenvalue weighted by Gasteiger charge is 2.21. The van der Waals surface area contributed by atoms with Crippen molar-refractivity contribution in [3.63, 3.8) is 0 Å². The quantitative estimate of drug-likeness (QED) is 0.792. The summed E-state index contributed by atoms with van der Waals surface area (Å²) in [6, 6.07) is 15.9. The molecule has 2 heterocycles. The number of piperidine rings is 1. The second kappa shape index (κ2) is 5.22. The number of rotatable bonds is 2. The zero-order valence-corrected chi connectivity index (χ0v) is 11.8. The summed E-state index contributed by atoms with van der Waals surface area (Å²) in [5.41, 5.74) is 4.08. The highest BCUT2D eigenvalue weighted by Crippen LogP contribution is 2.31. The van der Waals surface area contributed by atoms with Crippen LogP contribution in [0.3, 0.4) is 0 Å². The Labute approximate surface area is 115 Å². The van der Waals surface area contributed by atoms with Crippen LogP contribution >= 0.6 is 0 Å². The summed E-state index contributed by atoms with van der Waals surface area (Å²) in [5, 5.41) is 0. The van der Waals surface area contributed by atoms with Crippen molar-refractivity contribution in [1.82, 2.24) is 9.47 Å². The van der Waals surface area contributed by atoms with E-state index in [9.17, 15) is 0 Å². The molecular weight excluding hydrogens is 232 g/mol. The van der Waals surface area contributed by atoms with Gasteiger partial charge in [0.1, 0.15) is 0 Å². The van der Waals surface area contributed by atoms with Gasteiger partial charge in [-0.25, -0.2) is 0 Å². The van der Waals surface area contributed by atoms with E-state index in [4.69, 9.17) is 0 Å². The molecule has 2 aromatic rings. The van der Waals surface area contributed by atoms with E-state index in [-0.39, 0.29) is 0 Å². The van der Waals surface area contributed by atoms with Crippen molar-refractivity contribution in [3.8, 4) is 11.3 Å². The molecule has 0 atom stereocenters. The van der Waals surface area contributed by atoms with Gasteiger partial charge in [0.05, 0.1) is 0 Å². The van der Waals surface area contributed by atoms with Gasteiger partial charge in [-0.15, -0.1) is 0 Å². The van der Waals surface area contributed by atoms with Crippen molar-refractivity contribution in [2.75, 3.05) is 20.1 Å². The number of benzene rings is 1. The van der Waals surface area contributed by atoms with Crippen molar-refractivity contribution in [2.45, 2.75) is 25.8 Å². The first-order chi connectivity index (χ1) is 9.25. The summed E-state index contributed by atoms with van der Waals surface area (Å²) in [5.74, 6) is 0. The molecule has 1 saturated heterocycles. The molecule has 0 N–H and O–H groups in total. The Kier molecular flexibility index (Phi) is 3.43. The third-order valence-corrected chi connectivity index (χ3v) is 4.24. The van der Waals surface area contributed by atoms with Crippen LogP contribution in [-0.2, 0) is 0 Å². The minimum absolute atomic E-state index is 0.654. The predicted octanol–water partition coefficient (Wildman–Crippen LogP) is 3.73. The van der Waals surface area contributed by atoms with Gasteiger partial charge in [0.15, 0.2) is 0 Å². The lowest BCUT2D eigenvalue weighted by atomic mass is 10.0. The van der Waals surface area contributed by atoms with E-state index in [0.717, 1.165) is 0 Å². The largest absolute Gasteiger partial charge is 0.342 e. The normalized spacial score (nSPS) is 17.8. The van der Waals surface area contributed by atoms with Crippen molar-refractivity contribution < 1.29 is 0 Å². The number of aryl methyl sites for hydroxylation is 1. The molecule has 1 aliphatic rings. The Morgan fingerprint density at radius 2 is 1.63 bits per heavy atom. The number of hydrogen-bond donors (Lipinski definition) is 0. The molecule has 1 fully saturated rings. The lowest BCUT2D eigenvalue weighted by molar-refractivity contribution is 0.221. The first-order valence-corrected chi connectivity index (χ1v) is 7.17. The molecule has 3 rings (SSSR count). The van der Waals surface area contributed by atoms with E-state index >= 15 is 0 Å². The molecule has 19 heavy (non-hydrogen) atoms. The zero-order valence-electron chi connectivity index (χ0n) is 11.8. The molecule has 0 spiro atoms. The molecule has 1 aromatic carbocycles. The van der Waals surface area contributed by atoms with Gasteiger partial charge in [0, 0.05) is 17.4 Å². The summed E-state index contributed by atoms with van der Waals surface area (Å²) in [6.07, 6.45) is 2.51. The van der Waals surface area contributed by atoms with E-state index in [1.165, 1.54) is 42.9 Å². The lowest BCUT2D eigenvalue weighted by Gasteiger charge is -2.32. The standard InChI is InChI=1S/C17H22N2/c1-14-8-9-17(15-6-4-3-5-7-15)19(14)16-10-12-18(2)13-11-16/h3-9,16H,10-13H2,1-2H3. The summed E-state index contributed by atoms with van der Waals surface area (Å²) in [4.78, 5) is 2.43. The van der Waals surface area contributed by atoms with Crippen LogP contribution in [-0.4, -0.2) is 29.6 Å². The van der Waals surface area contributed by atoms with Crippen molar-refractivity contribution in [1.29, 1.82) is 0 Å². The van der Waals surface area contributed by atoms with Gasteiger partial charge in [0.25, 0.3) is 0 Å². The van der Waals surface area contributed by atoms with Crippen molar-refractivity contribution in [3.05, 3.63) is 48.2 Å². The van der Waals surface area contributed by atoms with E-state index < -0.39 is 0 Å². The molecule has 2 heteroatoms. The molecular formula is C17H22N2. The van der Waals surface area contributed by atoms with E-state index in [1.54, 1.807) is 0 Å². The fourth-order valence-electron chi connectivity index (χ4n) is 3.13. The average Bonchev–Trinajstić information content (AvgIpc) is 2.83. The van der Waals surface area contributed by atoms with Crippen LogP contribution in [0.25, 0.3) is 11.3 Å². The van der Waals surface area contributed by atoms with Crippen LogP contribution in [0.4, 0.5) is 0 Å². The SMILES string of the molecule is Cc1ccc(-c2ccccc2)n1C1CCN(C)CC1. The smallest absolute Gasteiger partial charge is 0.0485 e. The average molecular weight is 254 g/mol. The highest BCUT2D eigenvalue weighted by molar-refractivity contribution is 5.61. The van der Waals surface area contributed by atoms with Crippen LogP contribution in [0.2, 0.25) is 0 Å². The number of aromatic nitrogens is 1. The van der Waals surface area contributed by atoms with Gasteiger partial charge < -0.3 is 9.47 Å². The maximum absolute atomic E-state index is 2.54. The highest BCUT2D eigenvalue weighted by atomic mass is 15.1. The van der Waals surface area contributed by atoms with Crippen molar-refractivity contribution in [2.24, 2.45) is 0 Å². The van der Waals surface area contributed by atoms with Gasteiger partial charge in [0.2, 0.25) is 0 Å². The van der Waals surface area contributed by atoms with Crippen LogP contribution in [0.5, 0.6) is 0 Å². The summed E-state index contributed by atoms with van der Waals surface area (Å²) in [6.45, 7) is 4.64. The lowest BCUT2D eigenvalue weighted by Crippen LogP contribution is -2.32. The molecule has 0 saturated carbocycles. The first-order valence-electron chi connectivity index (χ1n) is 7.17. The molecule has 100 valence electrons. The van der Waals surface area contributed by atoms with E-state index in [0.29, 0.717) is 6.04 Å². The molecule has 1 aliphatic heterocycles. The summed E-state index contributed by atoms with van der Waals surface area (Å²) < 4.78 is 2.54. The van der Waals surface area contributed by atoms with Gasteiger partial charge in [-0.1, -0.05) is 30.3 Å². The minimum Gasteiger partial charge on any atom is -0.342 e. The topological polar surface area (TPSA) is 8.17 Å². The van der Waals surface area contributed by atoms with Gasteiger partial charge in [-0.05, 0) is 57.6 Å². The molecule has 2 nitrogen and oxygen atoms in total. The Hall–Kier alpha value is -1.54. The van der Waals surface area contributed by atoms with E-state index in [1.807, 2.05) is 0 Å². The van der Waals surface area contributed by atoms with E-state index in [2.05, 4.69) is 65.9 Å². The third kappa shape index (κ3) is 2.45. The molecule has 0 aliphatic carbocycles. The van der Waals surface area contributed by atoms with Crippen LogP contribution in [0.1, 0.15) is 24.6 Å². The molecule has 0 radical (unpaired) electrons. The molecule has 1 aromatic heterocycles. The molecule has 0 amide bonds. The maximum atomic E-state index is 2.54. The predicted molar refractivity (Wildman–Crippen MR) is 80.4 cm³/mol. The van der Waals surface area contributed by atoms with Crippen molar-refractivity contribution >= 4 is 0 Å². The number of hydrogen-bond acceptors (Lipinski definition) is 1. The second-order valence-electron chi connectivity index (χ2n) is 5.63. The number of nitrogens with zero attached hydrogens (tertiary/aromatic N) is 2. The van der Waals surface area contributed by atoms with Crippen LogP contribution in [0.15, 0.2) is 42.5 Å². The van der Waals surface area contributed by atoms with Gasteiger partial charge in [-0.3, -0.25) is 0 Å². The first kappa shape index (κ1) is 12.5. The van der Waals surface area contributed by atoms with Gasteiger partial charge >= 0.3 is 0 Å². The monoisotopic (exact) mass is 254 g/mol. The minimum atomic E-state index is 0.654. The Morgan fingerprint density at radius 1 is 0.947 bits per heavy atom. The fourth-order valence-corrected chi connectivity index (χ4v) is 3.13. The molecule has 0 unspecified atom stereocenters. The zero-order chi connectivity index (χ0) is 13.2. The van der Waals surface area contributed by atoms with Gasteiger partial charge in [-0.2, -0.15) is 0 Å². The number of likely N-dealkylation sites (tertiary alicyclic amines) is 1. The second-order valence-corrected chi connectivity index (χ2v) is 5.63. The Bertz CT molecular complexity index is 534. The van der Waals surface area contributed by atoms with Crippen LogP contribution in [0, 0.1) is 6.92 Å². The van der Waals surface area contributed by atoms with Crippen LogP contribution < -0.4 is 0 Å². The fraction of sp³-hybridized carbons (Fsp3) is 0.412. The summed E-state index contributed by atoms with van der Waals surface area (Å²) >= 11 is 0. The Balaban J connectivity index is 1.95. The summed E-state index contributed by atoms with van der Waals surface area (Å²) in [7, 11) is 2.22. The maximum Gasteiger partial charge on any atom is 0.0485 e. The Morgan fingerprint density at radius 3 is 2.32 bits per heavy atom.